The Bertz CT molecular complexity index is 1470. The minimum Gasteiger partial charge on any atom is -0.306 e. The maximum absolute atomic E-state index is 11.0. The van der Waals surface area contributed by atoms with Gasteiger partial charge in [-0.05, 0) is 30.3 Å². The van der Waals surface area contributed by atoms with E-state index < -0.39 is 4.92 Å². The van der Waals surface area contributed by atoms with Gasteiger partial charge < -0.3 is 5.32 Å². The Morgan fingerprint density at radius 3 is 2.69 bits per heavy atom. The predicted molar refractivity (Wildman–Crippen MR) is 124 cm³/mol. The molecule has 32 heavy (non-hydrogen) atoms. The molecule has 0 saturated carbocycles. The molecule has 3 aromatic heterocycles. The third-order valence-corrected chi connectivity index (χ3v) is 5.91. The second kappa shape index (κ2) is 8.15. The lowest BCUT2D eigenvalue weighted by Crippen LogP contribution is -1.99. The Hall–Kier alpha value is -3.60. The first-order chi connectivity index (χ1) is 15.5. The Morgan fingerprint density at radius 1 is 1.06 bits per heavy atom. The van der Waals surface area contributed by atoms with E-state index in [4.69, 9.17) is 23.2 Å². The molecular weight excluding hydrogens is 473 g/mol. The highest BCUT2D eigenvalue weighted by atomic mass is 35.5. The molecule has 158 valence electrons. The number of hydrogen-bond donors (Lipinski definition) is 1. The third-order valence-electron chi connectivity index (χ3n) is 4.55. The molecule has 0 atom stereocenters. The van der Waals surface area contributed by atoms with E-state index in [-0.39, 0.29) is 5.69 Å². The van der Waals surface area contributed by atoms with Gasteiger partial charge in [-0.25, -0.2) is 4.52 Å². The Labute approximate surface area is 194 Å². The topological polar surface area (TPSA) is 111 Å². The van der Waals surface area contributed by atoms with Crippen molar-refractivity contribution in [2.24, 2.45) is 0 Å². The van der Waals surface area contributed by atoms with Crippen molar-refractivity contribution in [3.63, 3.8) is 0 Å². The van der Waals surface area contributed by atoms with Crippen molar-refractivity contribution in [3.05, 3.63) is 80.1 Å². The van der Waals surface area contributed by atoms with Crippen molar-refractivity contribution >= 4 is 57.0 Å². The lowest BCUT2D eigenvalue weighted by atomic mass is 10.1. The number of non-ortho nitro benzene ring substituents is 1. The zero-order chi connectivity index (χ0) is 22.2. The Kier molecular flexibility index (Phi) is 5.17. The van der Waals surface area contributed by atoms with Gasteiger partial charge in [-0.3, -0.25) is 10.1 Å². The van der Waals surface area contributed by atoms with Crippen LogP contribution in [0.2, 0.25) is 10.0 Å². The SMILES string of the molecule is O=[N+]([O-])c1cccc(-c2ccc(Nc3nc4scc(-c5ccc(Cl)cc5Cl)n4n3)nn2)c1. The minimum absolute atomic E-state index is 0.00891. The summed E-state index contributed by atoms with van der Waals surface area (Å²) in [5.74, 6) is 0.782. The molecule has 0 saturated heterocycles. The minimum atomic E-state index is -0.450. The van der Waals surface area contributed by atoms with Gasteiger partial charge in [0.15, 0.2) is 5.82 Å². The smallest absolute Gasteiger partial charge is 0.270 e. The fourth-order valence-corrected chi connectivity index (χ4v) is 4.39. The molecule has 5 rings (SSSR count). The molecule has 3 heterocycles. The van der Waals surface area contributed by atoms with Crippen LogP contribution in [0, 0.1) is 10.1 Å². The average molecular weight is 484 g/mol. The maximum Gasteiger partial charge on any atom is 0.270 e. The number of benzene rings is 2. The van der Waals surface area contributed by atoms with E-state index in [1.165, 1.54) is 23.5 Å². The molecule has 0 amide bonds. The van der Waals surface area contributed by atoms with E-state index in [2.05, 4.69) is 25.6 Å². The molecular formula is C20H11Cl2N7O2S. The van der Waals surface area contributed by atoms with Crippen molar-refractivity contribution in [3.8, 4) is 22.5 Å². The van der Waals surface area contributed by atoms with Crippen molar-refractivity contribution in [1.29, 1.82) is 0 Å². The molecule has 2 aromatic carbocycles. The lowest BCUT2D eigenvalue weighted by Gasteiger charge is -2.03. The fraction of sp³-hybridized carbons (Fsp3) is 0. The van der Waals surface area contributed by atoms with E-state index in [9.17, 15) is 10.1 Å². The molecule has 0 radical (unpaired) electrons. The number of hydrogen-bond acceptors (Lipinski definition) is 8. The zero-order valence-electron chi connectivity index (χ0n) is 15.9. The number of nitro groups is 1. The zero-order valence-corrected chi connectivity index (χ0v) is 18.3. The van der Waals surface area contributed by atoms with Crippen LogP contribution in [0.4, 0.5) is 17.5 Å². The molecule has 0 aliphatic carbocycles. The van der Waals surface area contributed by atoms with Gasteiger partial charge in [0.1, 0.15) is 0 Å². The van der Waals surface area contributed by atoms with E-state index >= 15 is 0 Å². The number of halogens is 2. The molecule has 12 heteroatoms. The van der Waals surface area contributed by atoms with Crippen molar-refractivity contribution in [2.75, 3.05) is 5.32 Å². The number of nitrogens with zero attached hydrogens (tertiary/aromatic N) is 6. The van der Waals surface area contributed by atoms with Crippen LogP contribution in [0.15, 0.2) is 60.0 Å². The summed E-state index contributed by atoms with van der Waals surface area (Å²) in [6.45, 7) is 0. The van der Waals surface area contributed by atoms with Gasteiger partial charge in [-0.15, -0.1) is 26.6 Å². The third kappa shape index (κ3) is 3.86. The fourth-order valence-electron chi connectivity index (χ4n) is 3.06. The van der Waals surface area contributed by atoms with E-state index in [1.807, 2.05) is 11.4 Å². The summed E-state index contributed by atoms with van der Waals surface area (Å²) in [5, 5.41) is 29.7. The second-order valence-electron chi connectivity index (χ2n) is 6.61. The van der Waals surface area contributed by atoms with Crippen LogP contribution in [-0.4, -0.2) is 29.7 Å². The molecule has 0 aliphatic heterocycles. The summed E-state index contributed by atoms with van der Waals surface area (Å²) < 4.78 is 1.69. The molecule has 0 spiro atoms. The summed E-state index contributed by atoms with van der Waals surface area (Å²) >= 11 is 13.8. The molecule has 0 bridgehead atoms. The average Bonchev–Trinajstić information content (AvgIpc) is 3.35. The molecule has 0 unspecified atom stereocenters. The number of aromatic nitrogens is 5. The highest BCUT2D eigenvalue weighted by Gasteiger charge is 2.15. The number of fused-ring (bicyclic) bond motifs is 1. The van der Waals surface area contributed by atoms with Crippen LogP contribution in [-0.2, 0) is 0 Å². The summed E-state index contributed by atoms with van der Waals surface area (Å²) in [4.78, 5) is 15.7. The quantitative estimate of drug-likeness (QED) is 0.245. The van der Waals surface area contributed by atoms with E-state index in [0.29, 0.717) is 38.0 Å². The van der Waals surface area contributed by atoms with Crippen molar-refractivity contribution < 1.29 is 4.92 Å². The highest BCUT2D eigenvalue weighted by molar-refractivity contribution is 7.15. The van der Waals surface area contributed by atoms with Crippen molar-refractivity contribution in [2.45, 2.75) is 0 Å². The van der Waals surface area contributed by atoms with Gasteiger partial charge in [-0.1, -0.05) is 35.3 Å². The van der Waals surface area contributed by atoms with Gasteiger partial charge in [0, 0.05) is 33.7 Å². The largest absolute Gasteiger partial charge is 0.306 e. The van der Waals surface area contributed by atoms with E-state index in [0.717, 1.165) is 11.3 Å². The summed E-state index contributed by atoms with van der Waals surface area (Å²) in [6.07, 6.45) is 0. The first kappa shape index (κ1) is 20.3. The molecule has 1 N–H and O–H groups in total. The number of nitro benzene ring substituents is 1. The molecule has 9 nitrogen and oxygen atoms in total. The lowest BCUT2D eigenvalue weighted by molar-refractivity contribution is -0.384. The summed E-state index contributed by atoms with van der Waals surface area (Å²) in [6, 6.07) is 14.9. The highest BCUT2D eigenvalue weighted by Crippen LogP contribution is 2.33. The van der Waals surface area contributed by atoms with E-state index in [1.54, 1.807) is 40.9 Å². The van der Waals surface area contributed by atoms with Crippen LogP contribution in [0.3, 0.4) is 0 Å². The monoisotopic (exact) mass is 483 g/mol. The van der Waals surface area contributed by atoms with Crippen LogP contribution in [0.1, 0.15) is 0 Å². The number of thiazole rings is 1. The first-order valence-corrected chi connectivity index (χ1v) is 10.8. The number of rotatable bonds is 5. The van der Waals surface area contributed by atoms with Crippen LogP contribution in [0.25, 0.3) is 27.5 Å². The van der Waals surface area contributed by atoms with Gasteiger partial charge in [-0.2, -0.15) is 4.98 Å². The first-order valence-electron chi connectivity index (χ1n) is 9.13. The van der Waals surface area contributed by atoms with Gasteiger partial charge in [0.25, 0.3) is 5.69 Å². The molecule has 5 aromatic rings. The molecule has 0 aliphatic rings. The van der Waals surface area contributed by atoms with Crippen LogP contribution < -0.4 is 5.32 Å². The normalized spacial score (nSPS) is 11.1. The molecule has 0 fully saturated rings. The van der Waals surface area contributed by atoms with Crippen LogP contribution in [0.5, 0.6) is 0 Å². The van der Waals surface area contributed by atoms with Gasteiger partial charge in [0.05, 0.1) is 21.3 Å². The number of anilines is 2. The number of nitrogens with one attached hydrogen (secondary N) is 1. The Balaban J connectivity index is 1.40. The summed E-state index contributed by atoms with van der Waals surface area (Å²) in [5.41, 5.74) is 2.69. The van der Waals surface area contributed by atoms with Crippen molar-refractivity contribution in [1.82, 2.24) is 24.8 Å². The predicted octanol–water partition coefficient (Wildman–Crippen LogP) is 5.87. The summed E-state index contributed by atoms with van der Waals surface area (Å²) in [7, 11) is 0. The van der Waals surface area contributed by atoms with Crippen LogP contribution >= 0.6 is 34.5 Å². The standard InChI is InChI=1S/C20H11Cl2N7O2S/c21-12-4-5-14(15(22)9-12)17-10-32-20-24-19(27-28(17)20)23-18-7-6-16(25-26-18)11-2-1-3-13(8-11)29(30)31/h1-10H,(H,23,26,27). The van der Waals surface area contributed by atoms with Gasteiger partial charge in [0.2, 0.25) is 10.9 Å². The maximum atomic E-state index is 11.0. The second-order valence-corrected chi connectivity index (χ2v) is 8.29. The Morgan fingerprint density at radius 2 is 1.94 bits per heavy atom. The van der Waals surface area contributed by atoms with Gasteiger partial charge >= 0.3 is 0 Å².